The van der Waals surface area contributed by atoms with Gasteiger partial charge in [0.15, 0.2) is 17.3 Å². The minimum atomic E-state index is -0.229. The number of anilines is 1. The van der Waals surface area contributed by atoms with E-state index in [-0.39, 0.29) is 5.91 Å². The number of nitrogens with zero attached hydrogens (tertiary/aromatic N) is 2. The second kappa shape index (κ2) is 6.49. The maximum Gasteiger partial charge on any atom is 0.279 e. The number of amides is 1. The van der Waals surface area contributed by atoms with E-state index in [0.29, 0.717) is 33.1 Å². The fraction of sp³-hybridized carbons (Fsp3) is 0.133. The third-order valence-electron chi connectivity index (χ3n) is 3.18. The van der Waals surface area contributed by atoms with Gasteiger partial charge in [-0.15, -0.1) is 11.3 Å². The van der Waals surface area contributed by atoms with Gasteiger partial charge in [-0.1, -0.05) is 6.07 Å². The van der Waals surface area contributed by atoms with Crippen molar-refractivity contribution in [2.45, 2.75) is 0 Å². The number of carbonyl (C=O) groups is 1. The lowest BCUT2D eigenvalue weighted by atomic mass is 10.2. The molecule has 3 rings (SSSR count). The first-order valence-electron chi connectivity index (χ1n) is 6.69. The highest BCUT2D eigenvalue weighted by Gasteiger charge is 2.12. The lowest BCUT2D eigenvalue weighted by molar-refractivity contribution is 0.0966. The molecule has 3 aromatic rings. The molecule has 0 atom stereocenters. The Morgan fingerprint density at radius 2 is 1.96 bits per heavy atom. The second-order valence-electron chi connectivity index (χ2n) is 4.50. The molecule has 118 valence electrons. The van der Waals surface area contributed by atoms with Gasteiger partial charge in [0.25, 0.3) is 5.91 Å². The van der Waals surface area contributed by atoms with Crippen molar-refractivity contribution in [2.75, 3.05) is 19.6 Å². The number of ether oxygens (including phenoxy) is 2. The summed E-state index contributed by atoms with van der Waals surface area (Å²) in [4.78, 5) is 21.0. The molecule has 1 amide bonds. The van der Waals surface area contributed by atoms with Crippen molar-refractivity contribution in [2.24, 2.45) is 0 Å². The van der Waals surface area contributed by atoms with E-state index < -0.39 is 0 Å². The van der Waals surface area contributed by atoms with E-state index >= 15 is 0 Å². The Kier molecular flexibility index (Phi) is 4.24. The van der Waals surface area contributed by atoms with Gasteiger partial charge in [-0.25, -0.2) is 9.97 Å². The van der Waals surface area contributed by atoms with Crippen molar-refractivity contribution in [3.8, 4) is 11.5 Å². The molecule has 8 heteroatoms. The number of hydrogen-bond donors (Lipinski definition) is 2. The predicted molar refractivity (Wildman–Crippen MR) is 88.0 cm³/mol. The van der Waals surface area contributed by atoms with Crippen LogP contribution in [0.2, 0.25) is 0 Å². The van der Waals surface area contributed by atoms with Crippen LogP contribution in [0.15, 0.2) is 36.0 Å². The van der Waals surface area contributed by atoms with Gasteiger partial charge in [0, 0.05) is 11.5 Å². The normalized spacial score (nSPS) is 10.3. The summed E-state index contributed by atoms with van der Waals surface area (Å²) in [5.74, 6) is 1.38. The lowest BCUT2D eigenvalue weighted by Crippen LogP contribution is -2.29. The number of methoxy groups -OCH3 is 2. The Morgan fingerprint density at radius 1 is 1.17 bits per heavy atom. The third kappa shape index (κ3) is 3.02. The van der Waals surface area contributed by atoms with Gasteiger partial charge in [0.2, 0.25) is 0 Å². The maximum atomic E-state index is 12.0. The highest BCUT2D eigenvalue weighted by Crippen LogP contribution is 2.33. The van der Waals surface area contributed by atoms with E-state index in [0.717, 1.165) is 0 Å². The first-order valence-corrected chi connectivity index (χ1v) is 7.57. The summed E-state index contributed by atoms with van der Waals surface area (Å²) < 4.78 is 10.5. The third-order valence-corrected chi connectivity index (χ3v) is 4.05. The predicted octanol–water partition coefficient (Wildman–Crippen LogP) is 2.47. The van der Waals surface area contributed by atoms with E-state index in [1.807, 2.05) is 11.4 Å². The smallest absolute Gasteiger partial charge is 0.279 e. The fourth-order valence-corrected chi connectivity index (χ4v) is 2.69. The topological polar surface area (TPSA) is 85.4 Å². The number of thiophene rings is 1. The number of fused-ring (bicyclic) bond motifs is 1. The Bertz CT molecular complexity index is 836. The molecule has 0 spiro atoms. The Balaban J connectivity index is 1.90. The van der Waals surface area contributed by atoms with Gasteiger partial charge in [0.05, 0.1) is 24.6 Å². The molecule has 0 aliphatic rings. The zero-order chi connectivity index (χ0) is 16.2. The molecule has 2 N–H and O–H groups in total. The number of hydrazine groups is 1. The second-order valence-corrected chi connectivity index (χ2v) is 5.45. The molecule has 2 aromatic heterocycles. The molecule has 0 unspecified atom stereocenters. The number of carbonyl (C=O) groups excluding carboxylic acids is 1. The summed E-state index contributed by atoms with van der Waals surface area (Å²) in [5.41, 5.74) is 6.11. The molecule has 0 saturated heterocycles. The molecule has 2 heterocycles. The molecule has 0 aliphatic carbocycles. The molecule has 7 nitrogen and oxygen atoms in total. The average molecular weight is 330 g/mol. The molecule has 0 aliphatic heterocycles. The van der Waals surface area contributed by atoms with Gasteiger partial charge in [0.1, 0.15) is 6.33 Å². The van der Waals surface area contributed by atoms with E-state index in [9.17, 15) is 4.79 Å². The summed E-state index contributed by atoms with van der Waals surface area (Å²) in [7, 11) is 3.12. The van der Waals surface area contributed by atoms with Crippen LogP contribution in [0.1, 0.15) is 9.67 Å². The minimum Gasteiger partial charge on any atom is -0.493 e. The fourth-order valence-electron chi connectivity index (χ4n) is 2.07. The largest absolute Gasteiger partial charge is 0.493 e. The summed E-state index contributed by atoms with van der Waals surface area (Å²) in [6.07, 6.45) is 1.41. The SMILES string of the molecule is COc1cc2ncnc(NNC(=O)c3cccs3)c2cc1OC. The summed E-state index contributed by atoms with van der Waals surface area (Å²) >= 11 is 1.36. The Labute approximate surface area is 136 Å². The quantitative estimate of drug-likeness (QED) is 0.699. The van der Waals surface area contributed by atoms with Gasteiger partial charge in [-0.3, -0.25) is 15.6 Å². The molecule has 23 heavy (non-hydrogen) atoms. The highest BCUT2D eigenvalue weighted by atomic mass is 32.1. The molecule has 0 fully saturated rings. The van der Waals surface area contributed by atoms with Crippen LogP contribution < -0.4 is 20.3 Å². The number of benzene rings is 1. The van der Waals surface area contributed by atoms with Gasteiger partial charge in [-0.2, -0.15) is 0 Å². The zero-order valence-electron chi connectivity index (χ0n) is 12.5. The number of hydrogen-bond acceptors (Lipinski definition) is 7. The van der Waals surface area contributed by atoms with E-state index in [1.165, 1.54) is 17.7 Å². The van der Waals surface area contributed by atoms with Crippen molar-refractivity contribution < 1.29 is 14.3 Å². The summed E-state index contributed by atoms with van der Waals surface area (Å²) in [5, 5.41) is 2.54. The average Bonchev–Trinajstić information content (AvgIpc) is 3.13. The van der Waals surface area contributed by atoms with Crippen molar-refractivity contribution in [3.63, 3.8) is 0 Å². The van der Waals surface area contributed by atoms with Crippen molar-refractivity contribution in [1.82, 2.24) is 15.4 Å². The van der Waals surface area contributed by atoms with Crippen LogP contribution in [0.3, 0.4) is 0 Å². The van der Waals surface area contributed by atoms with Gasteiger partial charge < -0.3 is 9.47 Å². The molecular weight excluding hydrogens is 316 g/mol. The van der Waals surface area contributed by atoms with Crippen molar-refractivity contribution in [1.29, 1.82) is 0 Å². The molecule has 1 aromatic carbocycles. The monoisotopic (exact) mass is 330 g/mol. The number of aromatic nitrogens is 2. The number of rotatable bonds is 5. The standard InChI is InChI=1S/C15H14N4O3S/c1-21-11-6-9-10(7-12(11)22-2)16-8-17-14(9)18-19-15(20)13-4-3-5-23-13/h3-8H,1-2H3,(H,19,20)(H,16,17,18). The number of nitrogens with one attached hydrogen (secondary N) is 2. The van der Waals surface area contributed by atoms with Gasteiger partial charge in [-0.05, 0) is 17.5 Å². The van der Waals surface area contributed by atoms with Crippen LogP contribution in [-0.2, 0) is 0 Å². The molecule has 0 radical (unpaired) electrons. The first-order chi connectivity index (χ1) is 11.2. The van der Waals surface area contributed by atoms with Gasteiger partial charge >= 0.3 is 0 Å². The van der Waals surface area contributed by atoms with Crippen LogP contribution in [0.25, 0.3) is 10.9 Å². The van der Waals surface area contributed by atoms with Crippen LogP contribution in [0.4, 0.5) is 5.82 Å². The first kappa shape index (κ1) is 15.0. The van der Waals surface area contributed by atoms with E-state index in [4.69, 9.17) is 9.47 Å². The van der Waals surface area contributed by atoms with E-state index in [1.54, 1.807) is 32.4 Å². The Morgan fingerprint density at radius 3 is 2.65 bits per heavy atom. The van der Waals surface area contributed by atoms with Crippen LogP contribution >= 0.6 is 11.3 Å². The maximum absolute atomic E-state index is 12.0. The Hall–Kier alpha value is -2.87. The van der Waals surface area contributed by atoms with Crippen molar-refractivity contribution >= 4 is 34.0 Å². The van der Waals surface area contributed by atoms with Crippen LogP contribution in [-0.4, -0.2) is 30.1 Å². The van der Waals surface area contributed by atoms with Crippen LogP contribution in [0, 0.1) is 0 Å². The molecule has 0 bridgehead atoms. The van der Waals surface area contributed by atoms with E-state index in [2.05, 4.69) is 20.8 Å². The summed E-state index contributed by atoms with van der Waals surface area (Å²) in [6.45, 7) is 0. The molecule has 0 saturated carbocycles. The van der Waals surface area contributed by atoms with Crippen molar-refractivity contribution in [3.05, 3.63) is 40.8 Å². The highest BCUT2D eigenvalue weighted by molar-refractivity contribution is 7.12. The lowest BCUT2D eigenvalue weighted by Gasteiger charge is -2.12. The minimum absolute atomic E-state index is 0.229. The van der Waals surface area contributed by atoms with Crippen LogP contribution in [0.5, 0.6) is 11.5 Å². The molecular formula is C15H14N4O3S. The summed E-state index contributed by atoms with van der Waals surface area (Å²) in [6, 6.07) is 7.07. The zero-order valence-corrected chi connectivity index (χ0v) is 13.3.